The standard InChI is InChI=1S/C23H23N3O4/c1-15-19(16(2)26(25-15)17-8-6-5-7-9-17)11-13-22(27)24-21-12-10-18(29-3)14-20(21)23(28)30-4/h5-14H,1-4H3,(H,24,27)/b13-11+. The molecule has 154 valence electrons. The second-order valence-electron chi connectivity index (χ2n) is 6.56. The van der Waals surface area contributed by atoms with E-state index >= 15 is 0 Å². The number of aromatic nitrogens is 2. The lowest BCUT2D eigenvalue weighted by molar-refractivity contribution is -0.111. The molecule has 7 heteroatoms. The van der Waals surface area contributed by atoms with Crippen LogP contribution in [-0.4, -0.2) is 35.9 Å². The topological polar surface area (TPSA) is 82.4 Å². The predicted molar refractivity (Wildman–Crippen MR) is 115 cm³/mol. The van der Waals surface area contributed by atoms with Crippen LogP contribution < -0.4 is 10.1 Å². The Morgan fingerprint density at radius 2 is 1.80 bits per heavy atom. The summed E-state index contributed by atoms with van der Waals surface area (Å²) in [5.74, 6) is -0.455. The summed E-state index contributed by atoms with van der Waals surface area (Å²) in [6.45, 7) is 3.84. The van der Waals surface area contributed by atoms with Crippen LogP contribution in [0.5, 0.6) is 5.75 Å². The molecule has 1 heterocycles. The van der Waals surface area contributed by atoms with E-state index < -0.39 is 5.97 Å². The van der Waals surface area contributed by atoms with Gasteiger partial charge in [0.1, 0.15) is 5.75 Å². The van der Waals surface area contributed by atoms with Crippen molar-refractivity contribution in [2.24, 2.45) is 0 Å². The Hall–Kier alpha value is -3.87. The van der Waals surface area contributed by atoms with Gasteiger partial charge in [0.05, 0.1) is 36.9 Å². The van der Waals surface area contributed by atoms with Crippen molar-refractivity contribution >= 4 is 23.6 Å². The second kappa shape index (κ2) is 9.09. The third kappa shape index (κ3) is 4.41. The SMILES string of the molecule is COC(=O)c1cc(OC)ccc1NC(=O)/C=C/c1c(C)nn(-c2ccccc2)c1C. The molecule has 3 aromatic rings. The normalized spacial score (nSPS) is 10.8. The number of rotatable bonds is 6. The second-order valence-corrected chi connectivity index (χ2v) is 6.56. The van der Waals surface area contributed by atoms with Gasteiger partial charge in [-0.05, 0) is 50.3 Å². The molecule has 0 spiro atoms. The van der Waals surface area contributed by atoms with Gasteiger partial charge in [-0.3, -0.25) is 4.79 Å². The van der Waals surface area contributed by atoms with E-state index in [1.807, 2.05) is 48.9 Å². The first-order chi connectivity index (χ1) is 14.4. The number of benzene rings is 2. The maximum absolute atomic E-state index is 12.5. The Morgan fingerprint density at radius 3 is 2.47 bits per heavy atom. The van der Waals surface area contributed by atoms with Gasteiger partial charge in [0.2, 0.25) is 5.91 Å². The molecular weight excluding hydrogens is 382 g/mol. The number of carbonyl (C=O) groups excluding carboxylic acids is 2. The highest BCUT2D eigenvalue weighted by Gasteiger charge is 2.15. The van der Waals surface area contributed by atoms with Crippen molar-refractivity contribution in [3.63, 3.8) is 0 Å². The number of nitrogens with one attached hydrogen (secondary N) is 1. The van der Waals surface area contributed by atoms with Crippen molar-refractivity contribution in [2.45, 2.75) is 13.8 Å². The fraction of sp³-hybridized carbons (Fsp3) is 0.174. The minimum atomic E-state index is -0.566. The Balaban J connectivity index is 1.83. The molecule has 0 aliphatic rings. The Labute approximate surface area is 174 Å². The van der Waals surface area contributed by atoms with Gasteiger partial charge < -0.3 is 14.8 Å². The number of aryl methyl sites for hydroxylation is 1. The molecule has 2 aromatic carbocycles. The first-order valence-electron chi connectivity index (χ1n) is 9.31. The molecule has 3 rings (SSSR count). The monoisotopic (exact) mass is 405 g/mol. The molecule has 1 N–H and O–H groups in total. The van der Waals surface area contributed by atoms with Gasteiger partial charge in [-0.15, -0.1) is 0 Å². The van der Waals surface area contributed by atoms with Crippen molar-refractivity contribution in [3.8, 4) is 11.4 Å². The van der Waals surface area contributed by atoms with Gasteiger partial charge in [0.25, 0.3) is 0 Å². The van der Waals surface area contributed by atoms with Crippen LogP contribution >= 0.6 is 0 Å². The van der Waals surface area contributed by atoms with Crippen molar-refractivity contribution in [2.75, 3.05) is 19.5 Å². The lowest BCUT2D eigenvalue weighted by atomic mass is 10.1. The third-order valence-corrected chi connectivity index (χ3v) is 4.64. The summed E-state index contributed by atoms with van der Waals surface area (Å²) in [5.41, 5.74) is 4.08. The molecule has 1 aromatic heterocycles. The van der Waals surface area contributed by atoms with E-state index in [0.29, 0.717) is 11.4 Å². The zero-order valence-corrected chi connectivity index (χ0v) is 17.3. The number of hydrogen-bond donors (Lipinski definition) is 1. The summed E-state index contributed by atoms with van der Waals surface area (Å²) in [7, 11) is 2.78. The van der Waals surface area contributed by atoms with Gasteiger partial charge in [-0.1, -0.05) is 18.2 Å². The highest BCUT2D eigenvalue weighted by molar-refractivity contribution is 6.06. The van der Waals surface area contributed by atoms with Crippen molar-refractivity contribution in [3.05, 3.63) is 77.1 Å². The number of nitrogens with zero attached hydrogens (tertiary/aromatic N) is 2. The molecule has 0 radical (unpaired) electrons. The Morgan fingerprint density at radius 1 is 1.07 bits per heavy atom. The number of hydrogen-bond acceptors (Lipinski definition) is 5. The number of amides is 1. The molecule has 0 bridgehead atoms. The molecule has 0 saturated carbocycles. The zero-order chi connectivity index (χ0) is 21.7. The molecule has 0 unspecified atom stereocenters. The highest BCUT2D eigenvalue weighted by Crippen LogP contribution is 2.23. The van der Waals surface area contributed by atoms with E-state index in [-0.39, 0.29) is 11.5 Å². The van der Waals surface area contributed by atoms with Crippen molar-refractivity contribution < 1.29 is 19.1 Å². The van der Waals surface area contributed by atoms with Crippen LogP contribution in [0.25, 0.3) is 11.8 Å². The molecular formula is C23H23N3O4. The number of anilines is 1. The van der Waals surface area contributed by atoms with Crippen LogP contribution in [0.3, 0.4) is 0 Å². The number of carbonyl (C=O) groups is 2. The van der Waals surface area contributed by atoms with Crippen LogP contribution in [-0.2, 0) is 9.53 Å². The predicted octanol–water partition coefficient (Wildman–Crippen LogP) is 3.94. The van der Waals surface area contributed by atoms with E-state index in [1.165, 1.54) is 26.4 Å². The number of ether oxygens (including phenoxy) is 2. The van der Waals surface area contributed by atoms with Crippen LogP contribution in [0.15, 0.2) is 54.6 Å². The average Bonchev–Trinajstić information content (AvgIpc) is 3.06. The van der Waals surface area contributed by atoms with Gasteiger partial charge in [-0.2, -0.15) is 5.10 Å². The minimum absolute atomic E-state index is 0.211. The molecule has 1 amide bonds. The summed E-state index contributed by atoms with van der Waals surface area (Å²) in [4.78, 5) is 24.5. The van der Waals surface area contributed by atoms with E-state index in [9.17, 15) is 9.59 Å². The quantitative estimate of drug-likeness (QED) is 0.496. The van der Waals surface area contributed by atoms with Gasteiger partial charge in [-0.25, -0.2) is 9.48 Å². The molecule has 30 heavy (non-hydrogen) atoms. The van der Waals surface area contributed by atoms with Crippen LogP contribution in [0.2, 0.25) is 0 Å². The third-order valence-electron chi connectivity index (χ3n) is 4.64. The summed E-state index contributed by atoms with van der Waals surface area (Å²) >= 11 is 0. The molecule has 0 aliphatic heterocycles. The van der Waals surface area contributed by atoms with E-state index in [2.05, 4.69) is 10.4 Å². The highest BCUT2D eigenvalue weighted by atomic mass is 16.5. The fourth-order valence-electron chi connectivity index (χ4n) is 3.09. The Kier molecular flexibility index (Phi) is 6.32. The zero-order valence-electron chi connectivity index (χ0n) is 17.3. The average molecular weight is 405 g/mol. The number of para-hydroxylation sites is 1. The smallest absolute Gasteiger partial charge is 0.340 e. The summed E-state index contributed by atoms with van der Waals surface area (Å²) in [5, 5.41) is 7.28. The first-order valence-corrected chi connectivity index (χ1v) is 9.31. The molecule has 0 fully saturated rings. The molecule has 0 saturated heterocycles. The van der Waals surface area contributed by atoms with Crippen molar-refractivity contribution in [1.82, 2.24) is 9.78 Å². The number of methoxy groups -OCH3 is 2. The van der Waals surface area contributed by atoms with E-state index in [0.717, 1.165) is 22.6 Å². The van der Waals surface area contributed by atoms with Gasteiger partial charge in [0.15, 0.2) is 0 Å². The van der Waals surface area contributed by atoms with Gasteiger partial charge >= 0.3 is 5.97 Å². The number of esters is 1. The maximum Gasteiger partial charge on any atom is 0.340 e. The molecule has 7 nitrogen and oxygen atoms in total. The first kappa shape index (κ1) is 20.9. The fourth-order valence-corrected chi connectivity index (χ4v) is 3.09. The van der Waals surface area contributed by atoms with Crippen molar-refractivity contribution in [1.29, 1.82) is 0 Å². The van der Waals surface area contributed by atoms with Crippen LogP contribution in [0.1, 0.15) is 27.3 Å². The van der Waals surface area contributed by atoms with E-state index in [4.69, 9.17) is 9.47 Å². The summed E-state index contributed by atoms with van der Waals surface area (Å²) < 4.78 is 11.8. The lowest BCUT2D eigenvalue weighted by Gasteiger charge is -2.10. The van der Waals surface area contributed by atoms with Crippen LogP contribution in [0.4, 0.5) is 5.69 Å². The molecule has 0 aliphatic carbocycles. The molecule has 0 atom stereocenters. The summed E-state index contributed by atoms with van der Waals surface area (Å²) in [6, 6.07) is 14.6. The minimum Gasteiger partial charge on any atom is -0.497 e. The van der Waals surface area contributed by atoms with E-state index in [1.54, 1.807) is 18.2 Å². The largest absolute Gasteiger partial charge is 0.497 e. The lowest BCUT2D eigenvalue weighted by Crippen LogP contribution is -2.13. The maximum atomic E-state index is 12.5. The Bertz CT molecular complexity index is 1100. The van der Waals surface area contributed by atoms with Crippen LogP contribution in [0, 0.1) is 13.8 Å². The summed E-state index contributed by atoms with van der Waals surface area (Å²) in [6.07, 6.45) is 3.13. The van der Waals surface area contributed by atoms with Gasteiger partial charge in [0, 0.05) is 17.3 Å².